The van der Waals surface area contributed by atoms with Crippen molar-refractivity contribution in [3.8, 4) is 0 Å². The molecule has 1 unspecified atom stereocenters. The summed E-state index contributed by atoms with van der Waals surface area (Å²) in [5, 5.41) is 6.06. The van der Waals surface area contributed by atoms with Crippen LogP contribution in [0.15, 0.2) is 0 Å². The third kappa shape index (κ3) is 9.30. The van der Waals surface area contributed by atoms with Crippen molar-refractivity contribution in [1.29, 1.82) is 0 Å². The van der Waals surface area contributed by atoms with Gasteiger partial charge >= 0.3 is 0 Å². The maximum Gasteiger partial charge on any atom is 0.217 e. The zero-order valence-electron chi connectivity index (χ0n) is 8.60. The van der Waals surface area contributed by atoms with Gasteiger partial charge in [0.2, 0.25) is 5.91 Å². The molecular weight excluding hydrogens is 166 g/mol. The number of hydrogen-bond acceptors (Lipinski definition) is 3. The lowest BCUT2D eigenvalue weighted by atomic mass is 10.3. The Labute approximate surface area is 80.3 Å². The first-order valence-corrected chi connectivity index (χ1v) is 4.84. The molecule has 1 atom stereocenters. The molecule has 0 radical (unpaired) electrons. The van der Waals surface area contributed by atoms with Gasteiger partial charge in [-0.25, -0.2) is 0 Å². The molecule has 0 aromatic heterocycles. The smallest absolute Gasteiger partial charge is 0.217 e. The zero-order valence-corrected chi connectivity index (χ0v) is 8.60. The van der Waals surface area contributed by atoms with Gasteiger partial charge in [-0.2, -0.15) is 0 Å². The molecule has 1 amide bonds. The van der Waals surface area contributed by atoms with Gasteiger partial charge in [-0.15, -0.1) is 0 Å². The number of carbonyl (C=O) groups is 1. The maximum absolute atomic E-state index is 10.6. The third-order valence-electron chi connectivity index (χ3n) is 1.71. The molecule has 0 aliphatic heterocycles. The first-order chi connectivity index (χ1) is 6.16. The Hall–Kier alpha value is -0.610. The normalized spacial score (nSPS) is 12.5. The minimum absolute atomic E-state index is 0.0243. The summed E-state index contributed by atoms with van der Waals surface area (Å²) in [6.07, 6.45) is 2.16. The van der Waals surface area contributed by atoms with Crippen LogP contribution in [0, 0.1) is 0 Å². The van der Waals surface area contributed by atoms with Gasteiger partial charge in [-0.1, -0.05) is 0 Å². The van der Waals surface area contributed by atoms with Crippen molar-refractivity contribution in [3.63, 3.8) is 0 Å². The van der Waals surface area contributed by atoms with Crippen molar-refractivity contribution in [1.82, 2.24) is 10.6 Å². The highest BCUT2D eigenvalue weighted by atomic mass is 16.1. The predicted molar refractivity (Wildman–Crippen MR) is 54.4 cm³/mol. The molecule has 0 aliphatic rings. The average molecular weight is 187 g/mol. The van der Waals surface area contributed by atoms with Crippen LogP contribution in [0.1, 0.15) is 26.7 Å². The Balaban J connectivity index is 3.17. The van der Waals surface area contributed by atoms with E-state index in [9.17, 15) is 4.79 Å². The van der Waals surface area contributed by atoms with E-state index < -0.39 is 0 Å². The topological polar surface area (TPSA) is 67.2 Å². The minimum Gasteiger partial charge on any atom is -0.353 e. The molecule has 0 aromatic carbocycles. The summed E-state index contributed by atoms with van der Waals surface area (Å²) in [6, 6.07) is 0.204. The Morgan fingerprint density at radius 2 is 2.15 bits per heavy atom. The summed E-state index contributed by atoms with van der Waals surface area (Å²) >= 11 is 0. The minimum atomic E-state index is 0.0243. The van der Waals surface area contributed by atoms with Crippen molar-refractivity contribution in [2.24, 2.45) is 5.73 Å². The van der Waals surface area contributed by atoms with Gasteiger partial charge in [0.1, 0.15) is 0 Å². The van der Waals surface area contributed by atoms with Crippen molar-refractivity contribution in [3.05, 3.63) is 0 Å². The molecule has 0 fully saturated rings. The van der Waals surface area contributed by atoms with Crippen LogP contribution in [0.25, 0.3) is 0 Å². The van der Waals surface area contributed by atoms with E-state index in [0.29, 0.717) is 0 Å². The average Bonchev–Trinajstić information content (AvgIpc) is 2.02. The van der Waals surface area contributed by atoms with Gasteiger partial charge in [-0.05, 0) is 32.9 Å². The van der Waals surface area contributed by atoms with Gasteiger partial charge in [0.15, 0.2) is 0 Å². The molecule has 0 spiro atoms. The van der Waals surface area contributed by atoms with Crippen molar-refractivity contribution in [2.75, 3.05) is 19.6 Å². The molecule has 0 aliphatic carbocycles. The first kappa shape index (κ1) is 12.4. The van der Waals surface area contributed by atoms with E-state index in [0.717, 1.165) is 32.5 Å². The van der Waals surface area contributed by atoms with Gasteiger partial charge in [-0.3, -0.25) is 4.79 Å². The summed E-state index contributed by atoms with van der Waals surface area (Å²) in [5.74, 6) is 0.0243. The molecule has 4 N–H and O–H groups in total. The SMILES string of the molecule is CC(=O)NC(C)CNCCCCN. The number of carbonyl (C=O) groups excluding carboxylic acids is 1. The molecule has 0 rings (SSSR count). The fourth-order valence-electron chi connectivity index (χ4n) is 1.11. The van der Waals surface area contributed by atoms with Crippen molar-refractivity contribution >= 4 is 5.91 Å². The van der Waals surface area contributed by atoms with Gasteiger partial charge in [0, 0.05) is 19.5 Å². The quantitative estimate of drug-likeness (QED) is 0.485. The second-order valence-corrected chi connectivity index (χ2v) is 3.30. The van der Waals surface area contributed by atoms with Gasteiger partial charge in [0.25, 0.3) is 0 Å². The Kier molecular flexibility index (Phi) is 7.63. The summed E-state index contributed by atoms with van der Waals surface area (Å²) in [5.41, 5.74) is 5.35. The highest BCUT2D eigenvalue weighted by molar-refractivity contribution is 5.73. The standard InChI is InChI=1S/C9H21N3O/c1-8(12-9(2)13)7-11-6-4-3-5-10/h8,11H,3-7,10H2,1-2H3,(H,12,13). The summed E-state index contributed by atoms with van der Waals surface area (Å²) in [6.45, 7) is 6.07. The maximum atomic E-state index is 10.6. The Morgan fingerprint density at radius 1 is 1.46 bits per heavy atom. The fourth-order valence-corrected chi connectivity index (χ4v) is 1.11. The lowest BCUT2D eigenvalue weighted by Crippen LogP contribution is -2.39. The summed E-state index contributed by atoms with van der Waals surface area (Å²) in [4.78, 5) is 10.6. The number of amides is 1. The molecule has 0 bridgehead atoms. The van der Waals surface area contributed by atoms with E-state index in [1.807, 2.05) is 6.92 Å². The zero-order chi connectivity index (χ0) is 10.1. The highest BCUT2D eigenvalue weighted by Gasteiger charge is 2.00. The molecule has 0 saturated heterocycles. The number of rotatable bonds is 7. The molecule has 0 saturated carbocycles. The fraction of sp³-hybridized carbons (Fsp3) is 0.889. The Morgan fingerprint density at radius 3 is 2.69 bits per heavy atom. The van der Waals surface area contributed by atoms with Crippen LogP contribution < -0.4 is 16.4 Å². The molecule has 13 heavy (non-hydrogen) atoms. The first-order valence-electron chi connectivity index (χ1n) is 4.84. The molecule has 4 nitrogen and oxygen atoms in total. The van der Waals surface area contributed by atoms with Crippen molar-refractivity contribution < 1.29 is 4.79 Å². The van der Waals surface area contributed by atoms with Crippen LogP contribution in [0.4, 0.5) is 0 Å². The van der Waals surface area contributed by atoms with Crippen LogP contribution in [0.2, 0.25) is 0 Å². The van der Waals surface area contributed by atoms with E-state index in [4.69, 9.17) is 5.73 Å². The van der Waals surface area contributed by atoms with Crippen LogP contribution in [0.3, 0.4) is 0 Å². The third-order valence-corrected chi connectivity index (χ3v) is 1.71. The molecular formula is C9H21N3O. The molecule has 4 heteroatoms. The second kappa shape index (κ2) is 8.01. The predicted octanol–water partition coefficient (Wildman–Crippen LogP) is -0.160. The molecule has 0 aromatic rings. The number of hydrogen-bond donors (Lipinski definition) is 3. The molecule has 78 valence electrons. The summed E-state index contributed by atoms with van der Waals surface area (Å²) < 4.78 is 0. The number of unbranched alkanes of at least 4 members (excludes halogenated alkanes) is 1. The van der Waals surface area contributed by atoms with Crippen LogP contribution in [0.5, 0.6) is 0 Å². The largest absolute Gasteiger partial charge is 0.353 e. The van der Waals surface area contributed by atoms with Crippen LogP contribution >= 0.6 is 0 Å². The monoisotopic (exact) mass is 187 g/mol. The van der Waals surface area contributed by atoms with E-state index >= 15 is 0 Å². The van der Waals surface area contributed by atoms with E-state index in [1.54, 1.807) is 0 Å². The van der Waals surface area contributed by atoms with Gasteiger partial charge in [0.05, 0.1) is 0 Å². The van der Waals surface area contributed by atoms with E-state index in [2.05, 4.69) is 10.6 Å². The highest BCUT2D eigenvalue weighted by Crippen LogP contribution is 1.83. The van der Waals surface area contributed by atoms with Crippen LogP contribution in [-0.2, 0) is 4.79 Å². The summed E-state index contributed by atoms with van der Waals surface area (Å²) in [7, 11) is 0. The van der Waals surface area contributed by atoms with Crippen LogP contribution in [-0.4, -0.2) is 31.6 Å². The second-order valence-electron chi connectivity index (χ2n) is 3.30. The lowest BCUT2D eigenvalue weighted by molar-refractivity contribution is -0.119. The Bertz CT molecular complexity index is 139. The van der Waals surface area contributed by atoms with E-state index in [1.165, 1.54) is 6.92 Å². The number of nitrogens with one attached hydrogen (secondary N) is 2. The van der Waals surface area contributed by atoms with E-state index in [-0.39, 0.29) is 11.9 Å². The molecule has 0 heterocycles. The lowest BCUT2D eigenvalue weighted by Gasteiger charge is -2.12. The number of nitrogens with two attached hydrogens (primary N) is 1. The van der Waals surface area contributed by atoms with Gasteiger partial charge < -0.3 is 16.4 Å². The van der Waals surface area contributed by atoms with Crippen molar-refractivity contribution in [2.45, 2.75) is 32.7 Å².